The molecule has 0 amide bonds. The highest BCUT2D eigenvalue weighted by atomic mass is 19.3. The van der Waals surface area contributed by atoms with Crippen LogP contribution >= 0.6 is 0 Å². The minimum Gasteiger partial charge on any atom is -0.393 e. The fourth-order valence-electron chi connectivity index (χ4n) is 1.52. The van der Waals surface area contributed by atoms with Crippen molar-refractivity contribution in [2.24, 2.45) is 0 Å². The van der Waals surface area contributed by atoms with Gasteiger partial charge >= 0.3 is 0 Å². The highest BCUT2D eigenvalue weighted by Gasteiger charge is 2.08. The molecule has 0 saturated heterocycles. The Labute approximate surface area is 106 Å². The fourth-order valence-corrected chi connectivity index (χ4v) is 1.52. The Morgan fingerprint density at radius 1 is 1.39 bits per heavy atom. The van der Waals surface area contributed by atoms with E-state index < -0.39 is 19.1 Å². The van der Waals surface area contributed by atoms with Crippen LogP contribution in [0.2, 0.25) is 0 Å². The summed E-state index contributed by atoms with van der Waals surface area (Å²) in [6.07, 6.45) is 0.409. The smallest absolute Gasteiger partial charge is 0.261 e. The van der Waals surface area contributed by atoms with Crippen LogP contribution in [0.25, 0.3) is 0 Å². The zero-order chi connectivity index (χ0) is 13.4. The molecule has 1 heterocycles. The molecule has 1 aromatic heterocycles. The first-order chi connectivity index (χ1) is 8.61. The number of hydrogen-bond acceptors (Lipinski definition) is 3. The van der Waals surface area contributed by atoms with E-state index in [4.69, 9.17) is 4.74 Å². The highest BCUT2D eigenvalue weighted by Crippen LogP contribution is 2.06. The molecule has 0 aromatic carbocycles. The van der Waals surface area contributed by atoms with Crippen molar-refractivity contribution in [3.05, 3.63) is 29.6 Å². The van der Waals surface area contributed by atoms with Crippen LogP contribution in [-0.4, -0.2) is 35.8 Å². The van der Waals surface area contributed by atoms with Gasteiger partial charge in [0.1, 0.15) is 6.61 Å². The van der Waals surface area contributed by atoms with Crippen LogP contribution in [0.15, 0.2) is 18.3 Å². The summed E-state index contributed by atoms with van der Waals surface area (Å²) in [5.41, 5.74) is 1.95. The van der Waals surface area contributed by atoms with E-state index in [2.05, 4.69) is 4.98 Å². The van der Waals surface area contributed by atoms with Crippen LogP contribution < -0.4 is 0 Å². The van der Waals surface area contributed by atoms with Crippen LogP contribution in [0, 0.1) is 0 Å². The maximum atomic E-state index is 11.8. The molecule has 5 heteroatoms. The van der Waals surface area contributed by atoms with Crippen LogP contribution in [0.3, 0.4) is 0 Å². The molecule has 3 nitrogen and oxygen atoms in total. The van der Waals surface area contributed by atoms with E-state index in [1.54, 1.807) is 6.20 Å². The number of alkyl halides is 2. The van der Waals surface area contributed by atoms with Crippen LogP contribution in [0.4, 0.5) is 8.78 Å². The second-order valence-electron chi connectivity index (χ2n) is 4.12. The lowest BCUT2D eigenvalue weighted by Crippen LogP contribution is -2.16. The van der Waals surface area contributed by atoms with Crippen molar-refractivity contribution in [1.82, 2.24) is 4.98 Å². The van der Waals surface area contributed by atoms with Gasteiger partial charge in [0, 0.05) is 24.9 Å². The number of aromatic nitrogens is 1. The molecule has 1 rings (SSSR count). The Bertz CT molecular complexity index is 330. The van der Waals surface area contributed by atoms with Gasteiger partial charge < -0.3 is 9.84 Å². The summed E-state index contributed by atoms with van der Waals surface area (Å²) in [4.78, 5) is 4.23. The maximum absolute atomic E-state index is 11.8. The first-order valence-electron chi connectivity index (χ1n) is 6.09. The van der Waals surface area contributed by atoms with Crippen LogP contribution in [0.5, 0.6) is 0 Å². The number of aliphatic hydroxyl groups is 1. The molecule has 0 radical (unpaired) electrons. The topological polar surface area (TPSA) is 42.4 Å². The lowest BCUT2D eigenvalue weighted by molar-refractivity contribution is 0.00504. The van der Waals surface area contributed by atoms with Gasteiger partial charge in [0.2, 0.25) is 0 Å². The fraction of sp³-hybridized carbons (Fsp3) is 0.615. The summed E-state index contributed by atoms with van der Waals surface area (Å²) in [6, 6.07) is 3.85. The summed E-state index contributed by atoms with van der Waals surface area (Å²) >= 11 is 0. The van der Waals surface area contributed by atoms with E-state index in [9.17, 15) is 13.9 Å². The van der Waals surface area contributed by atoms with E-state index in [0.717, 1.165) is 17.7 Å². The van der Waals surface area contributed by atoms with Crippen molar-refractivity contribution in [3.8, 4) is 0 Å². The molecule has 0 aliphatic carbocycles. The average molecular weight is 259 g/mol. The van der Waals surface area contributed by atoms with Gasteiger partial charge in [0.15, 0.2) is 0 Å². The van der Waals surface area contributed by atoms with Crippen LogP contribution in [0.1, 0.15) is 24.6 Å². The number of aliphatic hydroxyl groups excluding tert-OH is 1. The van der Waals surface area contributed by atoms with Crippen molar-refractivity contribution in [2.45, 2.75) is 38.7 Å². The predicted molar refractivity (Wildman–Crippen MR) is 64.8 cm³/mol. The molecule has 102 valence electrons. The molecule has 1 N–H and O–H groups in total. The SMILES string of the molecule is CCc1ccc(CC(O)CCOCC(F)F)nc1. The average Bonchev–Trinajstić information content (AvgIpc) is 2.35. The summed E-state index contributed by atoms with van der Waals surface area (Å²) in [6.45, 7) is 1.61. The number of ether oxygens (including phenoxy) is 1. The summed E-state index contributed by atoms with van der Waals surface area (Å²) in [7, 11) is 0. The first kappa shape index (κ1) is 15.0. The van der Waals surface area contributed by atoms with Crippen molar-refractivity contribution < 1.29 is 18.6 Å². The van der Waals surface area contributed by atoms with Gasteiger partial charge in [0.25, 0.3) is 6.43 Å². The zero-order valence-electron chi connectivity index (χ0n) is 10.5. The van der Waals surface area contributed by atoms with Crippen molar-refractivity contribution >= 4 is 0 Å². The van der Waals surface area contributed by atoms with Crippen LogP contribution in [-0.2, 0) is 17.6 Å². The van der Waals surface area contributed by atoms with E-state index >= 15 is 0 Å². The Morgan fingerprint density at radius 3 is 2.72 bits per heavy atom. The largest absolute Gasteiger partial charge is 0.393 e. The molecule has 0 aliphatic rings. The van der Waals surface area contributed by atoms with Gasteiger partial charge in [-0.1, -0.05) is 13.0 Å². The normalized spacial score (nSPS) is 12.9. The minimum atomic E-state index is -2.45. The second kappa shape index (κ2) is 8.11. The van der Waals surface area contributed by atoms with Gasteiger partial charge in [-0.3, -0.25) is 4.98 Å². The third-order valence-corrected chi connectivity index (χ3v) is 2.58. The van der Waals surface area contributed by atoms with E-state index in [1.807, 2.05) is 19.1 Å². The highest BCUT2D eigenvalue weighted by molar-refractivity contribution is 5.14. The Morgan fingerprint density at radius 2 is 2.17 bits per heavy atom. The third kappa shape index (κ3) is 6.02. The number of rotatable bonds is 8. The molecule has 0 bridgehead atoms. The van der Waals surface area contributed by atoms with Gasteiger partial charge in [0.05, 0.1) is 6.10 Å². The van der Waals surface area contributed by atoms with Gasteiger partial charge in [-0.25, -0.2) is 8.78 Å². The maximum Gasteiger partial charge on any atom is 0.261 e. The molecular weight excluding hydrogens is 240 g/mol. The molecule has 0 saturated carbocycles. The van der Waals surface area contributed by atoms with Crippen molar-refractivity contribution in [2.75, 3.05) is 13.2 Å². The van der Waals surface area contributed by atoms with Crippen molar-refractivity contribution in [3.63, 3.8) is 0 Å². The quantitative estimate of drug-likeness (QED) is 0.728. The number of halogens is 2. The number of aryl methyl sites for hydroxylation is 1. The molecule has 1 unspecified atom stereocenters. The lowest BCUT2D eigenvalue weighted by atomic mass is 10.1. The second-order valence-corrected chi connectivity index (χ2v) is 4.12. The molecule has 18 heavy (non-hydrogen) atoms. The van der Waals surface area contributed by atoms with E-state index in [1.165, 1.54) is 0 Å². The van der Waals surface area contributed by atoms with E-state index in [0.29, 0.717) is 12.8 Å². The third-order valence-electron chi connectivity index (χ3n) is 2.58. The monoisotopic (exact) mass is 259 g/mol. The Balaban J connectivity index is 2.24. The first-order valence-corrected chi connectivity index (χ1v) is 6.09. The standard InChI is InChI=1S/C13H19F2NO2/c1-2-10-3-4-11(16-8-10)7-12(17)5-6-18-9-13(14)15/h3-4,8,12-13,17H,2,5-7,9H2,1H3. The predicted octanol–water partition coefficient (Wildman–Crippen LogP) is 2.22. The summed E-state index contributed by atoms with van der Waals surface area (Å²) in [5, 5.41) is 9.69. The molecule has 0 aliphatic heterocycles. The summed E-state index contributed by atoms with van der Waals surface area (Å²) < 4.78 is 28.3. The number of hydrogen-bond donors (Lipinski definition) is 1. The molecule has 1 atom stereocenters. The molecular formula is C13H19F2NO2. The molecule has 1 aromatic rings. The number of pyridine rings is 1. The van der Waals surface area contributed by atoms with Gasteiger partial charge in [-0.15, -0.1) is 0 Å². The number of nitrogens with zero attached hydrogens (tertiary/aromatic N) is 1. The van der Waals surface area contributed by atoms with Gasteiger partial charge in [-0.05, 0) is 24.5 Å². The van der Waals surface area contributed by atoms with Gasteiger partial charge in [-0.2, -0.15) is 0 Å². The minimum absolute atomic E-state index is 0.137. The molecule has 0 spiro atoms. The zero-order valence-corrected chi connectivity index (χ0v) is 10.5. The van der Waals surface area contributed by atoms with Crippen molar-refractivity contribution in [1.29, 1.82) is 0 Å². The summed E-state index contributed by atoms with van der Waals surface area (Å²) in [5.74, 6) is 0. The Hall–Kier alpha value is -1.07. The van der Waals surface area contributed by atoms with E-state index in [-0.39, 0.29) is 6.61 Å². The Kier molecular flexibility index (Phi) is 6.75. The lowest BCUT2D eigenvalue weighted by Gasteiger charge is -2.10. The molecule has 0 fully saturated rings.